The number of thiazole rings is 1. The van der Waals surface area contributed by atoms with Crippen molar-refractivity contribution in [2.45, 2.75) is 6.92 Å². The highest BCUT2D eigenvalue weighted by molar-refractivity contribution is 7.21. The van der Waals surface area contributed by atoms with Gasteiger partial charge in [0.1, 0.15) is 21.1 Å². The third-order valence-electron chi connectivity index (χ3n) is 3.94. The fraction of sp³-hybridized carbons (Fsp3) is 0.0952. The number of rotatable bonds is 5. The summed E-state index contributed by atoms with van der Waals surface area (Å²) >= 11 is 1.55. The molecule has 0 aliphatic heterocycles. The fourth-order valence-electron chi connectivity index (χ4n) is 2.64. The molecule has 1 amide bonds. The van der Waals surface area contributed by atoms with Crippen molar-refractivity contribution in [3.05, 3.63) is 72.4 Å². The van der Waals surface area contributed by atoms with Gasteiger partial charge in [0.05, 0.1) is 0 Å². The predicted molar refractivity (Wildman–Crippen MR) is 108 cm³/mol. The van der Waals surface area contributed by atoms with E-state index in [1.165, 1.54) is 0 Å². The second-order valence-electron chi connectivity index (χ2n) is 6.08. The minimum Gasteiger partial charge on any atom is -0.484 e. The molecule has 4 rings (SSSR count). The van der Waals surface area contributed by atoms with Crippen LogP contribution in [0.4, 0.5) is 5.69 Å². The van der Waals surface area contributed by atoms with Crippen LogP contribution in [-0.4, -0.2) is 22.5 Å². The molecule has 6 heteroatoms. The highest BCUT2D eigenvalue weighted by Crippen LogP contribution is 2.29. The van der Waals surface area contributed by atoms with Gasteiger partial charge in [0, 0.05) is 17.4 Å². The van der Waals surface area contributed by atoms with Crippen molar-refractivity contribution in [3.8, 4) is 16.3 Å². The second kappa shape index (κ2) is 7.55. The molecule has 2 aromatic heterocycles. The van der Waals surface area contributed by atoms with Crippen molar-refractivity contribution in [3.63, 3.8) is 0 Å². The van der Waals surface area contributed by atoms with Crippen LogP contribution in [0.3, 0.4) is 0 Å². The molecular formula is C21H17N3O2S. The van der Waals surface area contributed by atoms with E-state index in [2.05, 4.69) is 15.3 Å². The van der Waals surface area contributed by atoms with E-state index in [4.69, 9.17) is 4.74 Å². The molecule has 0 spiro atoms. The Kier molecular flexibility index (Phi) is 4.80. The number of nitrogens with one attached hydrogen (secondary N) is 1. The van der Waals surface area contributed by atoms with Crippen LogP contribution < -0.4 is 10.1 Å². The largest absolute Gasteiger partial charge is 0.484 e. The summed E-state index contributed by atoms with van der Waals surface area (Å²) in [6.45, 7) is 1.95. The van der Waals surface area contributed by atoms with Crippen LogP contribution >= 0.6 is 11.3 Å². The zero-order chi connectivity index (χ0) is 18.6. The first-order chi connectivity index (χ1) is 13.2. The minimum absolute atomic E-state index is 0.0330. The minimum atomic E-state index is -0.201. The molecule has 134 valence electrons. The number of hydrogen-bond donors (Lipinski definition) is 1. The molecule has 27 heavy (non-hydrogen) atoms. The lowest BCUT2D eigenvalue weighted by Crippen LogP contribution is -2.20. The molecule has 0 aliphatic rings. The van der Waals surface area contributed by atoms with Crippen molar-refractivity contribution in [2.75, 3.05) is 11.9 Å². The number of fused-ring (bicyclic) bond motifs is 1. The third-order valence-corrected chi connectivity index (χ3v) is 4.97. The summed E-state index contributed by atoms with van der Waals surface area (Å²) in [5, 5.41) is 3.75. The van der Waals surface area contributed by atoms with Gasteiger partial charge in [-0.1, -0.05) is 23.5 Å². The maximum Gasteiger partial charge on any atom is 0.262 e. The normalized spacial score (nSPS) is 10.7. The standard InChI is InChI=1S/C21H17N3O2S/c1-14-4-2-5-17(12-14)26-13-19(25)23-16-9-7-15(8-10-16)20-24-18-6-3-11-22-21(18)27-20/h2-12H,13H2,1H3,(H,23,25). The molecular weight excluding hydrogens is 358 g/mol. The Hall–Kier alpha value is -3.25. The predicted octanol–water partition coefficient (Wildman–Crippen LogP) is 4.68. The number of aryl methyl sites for hydroxylation is 1. The Balaban J connectivity index is 1.39. The molecule has 2 heterocycles. The second-order valence-corrected chi connectivity index (χ2v) is 7.05. The molecule has 0 unspecified atom stereocenters. The molecule has 0 atom stereocenters. The number of amides is 1. The van der Waals surface area contributed by atoms with Crippen LogP contribution in [0.5, 0.6) is 5.75 Å². The number of hydrogen-bond acceptors (Lipinski definition) is 5. The number of anilines is 1. The summed E-state index contributed by atoms with van der Waals surface area (Å²) in [4.78, 5) is 21.9. The van der Waals surface area contributed by atoms with Gasteiger partial charge in [-0.3, -0.25) is 4.79 Å². The average molecular weight is 375 g/mol. The lowest BCUT2D eigenvalue weighted by atomic mass is 10.2. The van der Waals surface area contributed by atoms with Gasteiger partial charge in [0.25, 0.3) is 5.91 Å². The number of pyridine rings is 1. The Labute approximate surface area is 160 Å². The fourth-order valence-corrected chi connectivity index (χ4v) is 3.55. The molecule has 0 saturated heterocycles. The van der Waals surface area contributed by atoms with Crippen LogP contribution in [-0.2, 0) is 4.79 Å². The summed E-state index contributed by atoms with van der Waals surface area (Å²) in [6.07, 6.45) is 1.77. The lowest BCUT2D eigenvalue weighted by molar-refractivity contribution is -0.118. The van der Waals surface area contributed by atoms with Gasteiger partial charge in [0.2, 0.25) is 0 Å². The van der Waals surface area contributed by atoms with E-state index in [9.17, 15) is 4.79 Å². The molecule has 0 aliphatic carbocycles. The number of carbonyl (C=O) groups is 1. The lowest BCUT2D eigenvalue weighted by Gasteiger charge is -2.08. The summed E-state index contributed by atoms with van der Waals surface area (Å²) < 4.78 is 5.52. The Bertz CT molecular complexity index is 1060. The van der Waals surface area contributed by atoms with E-state index >= 15 is 0 Å². The van der Waals surface area contributed by atoms with Gasteiger partial charge < -0.3 is 10.1 Å². The Morgan fingerprint density at radius 3 is 2.74 bits per heavy atom. The zero-order valence-electron chi connectivity index (χ0n) is 14.7. The van der Waals surface area contributed by atoms with Gasteiger partial charge in [-0.05, 0) is 61.0 Å². The molecule has 4 aromatic rings. The highest BCUT2D eigenvalue weighted by Gasteiger charge is 2.08. The SMILES string of the molecule is Cc1cccc(OCC(=O)Nc2ccc(-c3nc4cccnc4s3)cc2)c1. The first-order valence-electron chi connectivity index (χ1n) is 8.49. The Morgan fingerprint density at radius 1 is 1.11 bits per heavy atom. The van der Waals surface area contributed by atoms with Crippen LogP contribution in [0, 0.1) is 6.92 Å². The molecule has 1 N–H and O–H groups in total. The number of aromatic nitrogens is 2. The summed E-state index contributed by atoms with van der Waals surface area (Å²) in [5.74, 6) is 0.485. The van der Waals surface area contributed by atoms with Crippen molar-refractivity contribution in [1.29, 1.82) is 0 Å². The van der Waals surface area contributed by atoms with Gasteiger partial charge in [-0.25, -0.2) is 9.97 Å². The smallest absolute Gasteiger partial charge is 0.262 e. The monoisotopic (exact) mass is 375 g/mol. The van der Waals surface area contributed by atoms with Crippen molar-refractivity contribution in [2.24, 2.45) is 0 Å². The van der Waals surface area contributed by atoms with E-state index in [-0.39, 0.29) is 12.5 Å². The molecule has 5 nitrogen and oxygen atoms in total. The molecule has 0 fully saturated rings. The van der Waals surface area contributed by atoms with Crippen molar-refractivity contribution >= 4 is 33.3 Å². The number of carbonyl (C=O) groups excluding carboxylic acids is 1. The Morgan fingerprint density at radius 2 is 1.96 bits per heavy atom. The summed E-state index contributed by atoms with van der Waals surface area (Å²) in [7, 11) is 0. The van der Waals surface area contributed by atoms with Gasteiger partial charge >= 0.3 is 0 Å². The van der Waals surface area contributed by atoms with Crippen LogP contribution in [0.15, 0.2) is 66.9 Å². The molecule has 0 saturated carbocycles. The summed E-state index contributed by atoms with van der Waals surface area (Å²) in [6, 6.07) is 19.0. The van der Waals surface area contributed by atoms with E-state index in [1.807, 2.05) is 67.6 Å². The molecule has 0 bridgehead atoms. The number of ether oxygens (including phenoxy) is 1. The number of nitrogens with zero attached hydrogens (tertiary/aromatic N) is 2. The molecule has 2 aromatic carbocycles. The zero-order valence-corrected chi connectivity index (χ0v) is 15.5. The van der Waals surface area contributed by atoms with Crippen LogP contribution in [0.2, 0.25) is 0 Å². The average Bonchev–Trinajstić information content (AvgIpc) is 3.11. The maximum absolute atomic E-state index is 12.1. The van der Waals surface area contributed by atoms with E-state index in [0.29, 0.717) is 5.75 Å². The van der Waals surface area contributed by atoms with Gasteiger partial charge in [0.15, 0.2) is 6.61 Å². The first kappa shape index (κ1) is 17.2. The van der Waals surface area contributed by atoms with Crippen molar-refractivity contribution in [1.82, 2.24) is 9.97 Å². The van der Waals surface area contributed by atoms with Gasteiger partial charge in [-0.2, -0.15) is 0 Å². The first-order valence-corrected chi connectivity index (χ1v) is 9.30. The van der Waals surface area contributed by atoms with Crippen molar-refractivity contribution < 1.29 is 9.53 Å². The topological polar surface area (TPSA) is 64.1 Å². The van der Waals surface area contributed by atoms with Gasteiger partial charge in [-0.15, -0.1) is 0 Å². The third kappa shape index (κ3) is 4.12. The maximum atomic E-state index is 12.1. The van der Waals surface area contributed by atoms with Crippen LogP contribution in [0.25, 0.3) is 20.9 Å². The highest BCUT2D eigenvalue weighted by atomic mass is 32.1. The summed E-state index contributed by atoms with van der Waals surface area (Å²) in [5.41, 5.74) is 3.69. The van der Waals surface area contributed by atoms with E-state index < -0.39 is 0 Å². The quantitative estimate of drug-likeness (QED) is 0.550. The number of benzene rings is 2. The van der Waals surface area contributed by atoms with E-state index in [1.54, 1.807) is 17.5 Å². The van der Waals surface area contributed by atoms with E-state index in [0.717, 1.165) is 32.2 Å². The molecule has 0 radical (unpaired) electrons. The van der Waals surface area contributed by atoms with Crippen LogP contribution in [0.1, 0.15) is 5.56 Å².